The van der Waals surface area contributed by atoms with Crippen molar-refractivity contribution in [1.82, 2.24) is 4.72 Å². The van der Waals surface area contributed by atoms with Crippen LogP contribution in [0.15, 0.2) is 23.1 Å². The Bertz CT molecular complexity index is 595. The fourth-order valence-corrected chi connectivity index (χ4v) is 3.64. The minimum atomic E-state index is -3.63. The molecule has 1 fully saturated rings. The topological polar surface area (TPSA) is 90.7 Å². The van der Waals surface area contributed by atoms with Crippen molar-refractivity contribution in [2.75, 3.05) is 32.6 Å². The summed E-state index contributed by atoms with van der Waals surface area (Å²) in [7, 11) is -2.20. The molecule has 0 atom stereocenters. The summed E-state index contributed by atoms with van der Waals surface area (Å²) in [4.78, 5) is 0.106. The van der Waals surface area contributed by atoms with Gasteiger partial charge in [0.1, 0.15) is 10.6 Å². The van der Waals surface area contributed by atoms with Crippen LogP contribution in [0.2, 0.25) is 0 Å². The molecule has 6 nitrogen and oxygen atoms in total. The molecular formula is C14H22N2O4S. The van der Waals surface area contributed by atoms with Gasteiger partial charge in [0, 0.05) is 31.5 Å². The van der Waals surface area contributed by atoms with Gasteiger partial charge in [0.05, 0.1) is 7.11 Å². The molecule has 0 saturated carbocycles. The zero-order valence-corrected chi connectivity index (χ0v) is 13.2. The highest BCUT2D eigenvalue weighted by molar-refractivity contribution is 7.89. The third kappa shape index (κ3) is 3.87. The van der Waals surface area contributed by atoms with Crippen LogP contribution in [0.5, 0.6) is 5.75 Å². The predicted octanol–water partition coefficient (Wildman–Crippen LogP) is 1.37. The van der Waals surface area contributed by atoms with E-state index in [-0.39, 0.29) is 16.1 Å². The van der Waals surface area contributed by atoms with Gasteiger partial charge in [0.2, 0.25) is 10.0 Å². The monoisotopic (exact) mass is 314 g/mol. The molecule has 1 aliphatic rings. The van der Waals surface area contributed by atoms with Gasteiger partial charge in [0.15, 0.2) is 0 Å². The Hall–Kier alpha value is -1.31. The second kappa shape index (κ2) is 6.21. The lowest BCUT2D eigenvalue weighted by molar-refractivity contribution is 0.0264. The van der Waals surface area contributed by atoms with Crippen molar-refractivity contribution in [2.45, 2.75) is 24.7 Å². The Balaban J connectivity index is 2.15. The van der Waals surface area contributed by atoms with Gasteiger partial charge in [-0.1, -0.05) is 6.92 Å². The van der Waals surface area contributed by atoms with E-state index in [9.17, 15) is 8.42 Å². The fourth-order valence-electron chi connectivity index (χ4n) is 2.29. The molecule has 0 radical (unpaired) electrons. The van der Waals surface area contributed by atoms with Crippen molar-refractivity contribution in [3.63, 3.8) is 0 Å². The third-order valence-corrected chi connectivity index (χ3v) is 5.31. The molecule has 1 saturated heterocycles. The largest absolute Gasteiger partial charge is 0.495 e. The zero-order valence-electron chi connectivity index (χ0n) is 12.4. The van der Waals surface area contributed by atoms with Crippen molar-refractivity contribution in [3.05, 3.63) is 18.2 Å². The molecule has 0 amide bonds. The van der Waals surface area contributed by atoms with Crippen LogP contribution in [0.4, 0.5) is 5.69 Å². The minimum Gasteiger partial charge on any atom is -0.495 e. The molecule has 2 rings (SSSR count). The van der Waals surface area contributed by atoms with Crippen LogP contribution < -0.4 is 15.2 Å². The second-order valence-corrected chi connectivity index (χ2v) is 7.39. The standard InChI is InChI=1S/C14H22N2O4S/c1-14(5-7-20-8-6-14)10-16-21(17,18)13-4-3-11(15)9-12(13)19-2/h3-4,9,16H,5-8,10,15H2,1-2H3. The first-order chi connectivity index (χ1) is 9.86. The molecular weight excluding hydrogens is 292 g/mol. The van der Waals surface area contributed by atoms with Crippen LogP contribution in [-0.4, -0.2) is 35.3 Å². The Morgan fingerprint density at radius 3 is 2.67 bits per heavy atom. The van der Waals surface area contributed by atoms with Gasteiger partial charge in [-0.15, -0.1) is 0 Å². The summed E-state index contributed by atoms with van der Waals surface area (Å²) in [5, 5.41) is 0. The molecule has 118 valence electrons. The first-order valence-electron chi connectivity index (χ1n) is 6.87. The predicted molar refractivity (Wildman–Crippen MR) is 80.8 cm³/mol. The van der Waals surface area contributed by atoms with Crippen LogP contribution in [0, 0.1) is 5.41 Å². The van der Waals surface area contributed by atoms with E-state index < -0.39 is 10.0 Å². The lowest BCUT2D eigenvalue weighted by Crippen LogP contribution is -2.39. The number of benzene rings is 1. The number of hydrogen-bond acceptors (Lipinski definition) is 5. The average Bonchev–Trinajstić information content (AvgIpc) is 2.46. The molecule has 0 bridgehead atoms. The summed E-state index contributed by atoms with van der Waals surface area (Å²) in [6.07, 6.45) is 1.68. The maximum absolute atomic E-state index is 12.4. The van der Waals surface area contributed by atoms with E-state index in [1.165, 1.54) is 19.2 Å². The van der Waals surface area contributed by atoms with Gasteiger partial charge in [0.25, 0.3) is 0 Å². The molecule has 0 aromatic heterocycles. The van der Waals surface area contributed by atoms with Crippen molar-refractivity contribution in [1.29, 1.82) is 0 Å². The summed E-state index contributed by atoms with van der Waals surface area (Å²) in [6, 6.07) is 4.51. The van der Waals surface area contributed by atoms with Crippen molar-refractivity contribution in [2.24, 2.45) is 5.41 Å². The van der Waals surface area contributed by atoms with Crippen LogP contribution in [-0.2, 0) is 14.8 Å². The van der Waals surface area contributed by atoms with E-state index in [4.69, 9.17) is 15.2 Å². The summed E-state index contributed by atoms with van der Waals surface area (Å²) in [5.74, 6) is 0.250. The van der Waals surface area contributed by atoms with E-state index in [0.717, 1.165) is 12.8 Å². The number of sulfonamides is 1. The molecule has 0 aliphatic carbocycles. The Morgan fingerprint density at radius 2 is 2.05 bits per heavy atom. The number of ether oxygens (including phenoxy) is 2. The van der Waals surface area contributed by atoms with Crippen LogP contribution in [0.1, 0.15) is 19.8 Å². The number of anilines is 1. The summed E-state index contributed by atoms with van der Waals surface area (Å²) in [6.45, 7) is 3.79. The van der Waals surface area contributed by atoms with Crippen LogP contribution in [0.3, 0.4) is 0 Å². The van der Waals surface area contributed by atoms with Crippen LogP contribution >= 0.6 is 0 Å². The van der Waals surface area contributed by atoms with Gasteiger partial charge >= 0.3 is 0 Å². The first kappa shape index (κ1) is 16.1. The molecule has 0 unspecified atom stereocenters. The number of nitrogens with one attached hydrogen (secondary N) is 1. The van der Waals surface area contributed by atoms with Crippen molar-refractivity contribution >= 4 is 15.7 Å². The summed E-state index contributed by atoms with van der Waals surface area (Å²) in [5.41, 5.74) is 6.03. The molecule has 21 heavy (non-hydrogen) atoms. The normalized spacial score (nSPS) is 18.4. The summed E-state index contributed by atoms with van der Waals surface area (Å²) < 4.78 is 38.0. The number of nitrogens with two attached hydrogens (primary N) is 1. The molecule has 3 N–H and O–H groups in total. The molecule has 0 spiro atoms. The number of methoxy groups -OCH3 is 1. The van der Waals surface area contributed by atoms with Gasteiger partial charge in [-0.25, -0.2) is 13.1 Å². The summed E-state index contributed by atoms with van der Waals surface area (Å²) >= 11 is 0. The molecule has 1 aliphatic heterocycles. The Morgan fingerprint density at radius 1 is 1.38 bits per heavy atom. The van der Waals surface area contributed by atoms with E-state index >= 15 is 0 Å². The Labute approximate surface area is 125 Å². The highest BCUT2D eigenvalue weighted by Gasteiger charge is 2.30. The van der Waals surface area contributed by atoms with Crippen LogP contribution in [0.25, 0.3) is 0 Å². The SMILES string of the molecule is COc1cc(N)ccc1S(=O)(=O)NCC1(C)CCOCC1. The van der Waals surface area contributed by atoms with E-state index in [2.05, 4.69) is 11.6 Å². The molecule has 1 aromatic carbocycles. The smallest absolute Gasteiger partial charge is 0.244 e. The minimum absolute atomic E-state index is 0.0770. The highest BCUT2D eigenvalue weighted by atomic mass is 32.2. The zero-order chi connectivity index (χ0) is 15.5. The second-order valence-electron chi connectivity index (χ2n) is 5.66. The van der Waals surface area contributed by atoms with Crippen molar-refractivity contribution in [3.8, 4) is 5.75 Å². The fraction of sp³-hybridized carbons (Fsp3) is 0.571. The maximum Gasteiger partial charge on any atom is 0.244 e. The maximum atomic E-state index is 12.4. The lowest BCUT2D eigenvalue weighted by Gasteiger charge is -2.33. The van der Waals surface area contributed by atoms with Gasteiger partial charge in [-0.2, -0.15) is 0 Å². The van der Waals surface area contributed by atoms with Gasteiger partial charge in [-0.05, 0) is 30.4 Å². The molecule has 1 heterocycles. The third-order valence-electron chi connectivity index (χ3n) is 3.87. The molecule has 7 heteroatoms. The number of rotatable bonds is 5. The average molecular weight is 314 g/mol. The van der Waals surface area contributed by atoms with E-state index in [1.54, 1.807) is 6.07 Å². The van der Waals surface area contributed by atoms with Gasteiger partial charge in [-0.3, -0.25) is 0 Å². The van der Waals surface area contributed by atoms with Crippen molar-refractivity contribution < 1.29 is 17.9 Å². The first-order valence-corrected chi connectivity index (χ1v) is 8.36. The number of nitrogen functional groups attached to an aromatic ring is 1. The highest BCUT2D eigenvalue weighted by Crippen LogP contribution is 2.30. The Kier molecular flexibility index (Phi) is 4.75. The number of hydrogen-bond donors (Lipinski definition) is 2. The van der Waals surface area contributed by atoms with E-state index in [0.29, 0.717) is 25.4 Å². The van der Waals surface area contributed by atoms with Gasteiger partial charge < -0.3 is 15.2 Å². The van der Waals surface area contributed by atoms with E-state index in [1.807, 2.05) is 0 Å². The lowest BCUT2D eigenvalue weighted by atomic mass is 9.83. The molecule has 1 aromatic rings. The quantitative estimate of drug-likeness (QED) is 0.801.